The van der Waals surface area contributed by atoms with Gasteiger partial charge in [-0.25, -0.2) is 8.42 Å². The summed E-state index contributed by atoms with van der Waals surface area (Å²) in [6.45, 7) is 12.2. The summed E-state index contributed by atoms with van der Waals surface area (Å²) in [6.07, 6.45) is 0. The average Bonchev–Trinajstić information content (AvgIpc) is 3.15. The Labute approximate surface area is 174 Å². The Kier molecular flexibility index (Phi) is 8.46. The third kappa shape index (κ3) is 6.72. The number of amides is 1. The fourth-order valence-electron chi connectivity index (χ4n) is 3.14. The van der Waals surface area contributed by atoms with Gasteiger partial charge in [0.05, 0.1) is 4.90 Å². The van der Waals surface area contributed by atoms with Crippen LogP contribution < -0.4 is 0 Å². The molecule has 2 aromatic rings. The standard InChI is InChI=1S/C22H32N2O4S/c1-5-23(6-2)14-15-24(16-18(3)4)22(25)21-13-12-19(28-21)17-29(26,27)20-10-8-7-9-11-20/h7-13,18H,5-6,14-17H2,1-4H3. The molecule has 0 spiro atoms. The molecule has 0 fully saturated rings. The van der Waals surface area contributed by atoms with Crippen molar-refractivity contribution in [3.63, 3.8) is 0 Å². The first-order valence-corrected chi connectivity index (χ1v) is 11.8. The first-order valence-electron chi connectivity index (χ1n) is 10.1. The number of nitrogens with zero attached hydrogens (tertiary/aromatic N) is 2. The summed E-state index contributed by atoms with van der Waals surface area (Å²) in [7, 11) is -3.52. The second-order valence-corrected chi connectivity index (χ2v) is 9.50. The van der Waals surface area contributed by atoms with Gasteiger partial charge in [0.1, 0.15) is 11.5 Å². The van der Waals surface area contributed by atoms with Crippen molar-refractivity contribution in [2.75, 3.05) is 32.7 Å². The summed E-state index contributed by atoms with van der Waals surface area (Å²) < 4.78 is 30.7. The monoisotopic (exact) mass is 420 g/mol. The highest BCUT2D eigenvalue weighted by atomic mass is 32.2. The van der Waals surface area contributed by atoms with Gasteiger partial charge in [-0.15, -0.1) is 0 Å². The van der Waals surface area contributed by atoms with Gasteiger partial charge in [0.25, 0.3) is 5.91 Å². The lowest BCUT2D eigenvalue weighted by Crippen LogP contribution is -2.40. The van der Waals surface area contributed by atoms with Crippen molar-refractivity contribution in [2.45, 2.75) is 38.3 Å². The van der Waals surface area contributed by atoms with E-state index < -0.39 is 9.84 Å². The van der Waals surface area contributed by atoms with Gasteiger partial charge in [-0.05, 0) is 43.3 Å². The molecular formula is C22H32N2O4S. The lowest BCUT2D eigenvalue weighted by atomic mass is 10.2. The van der Waals surface area contributed by atoms with Gasteiger partial charge in [-0.3, -0.25) is 4.79 Å². The zero-order valence-corrected chi connectivity index (χ0v) is 18.6. The molecule has 0 aliphatic carbocycles. The molecule has 2 rings (SSSR count). The van der Waals surface area contributed by atoms with E-state index in [4.69, 9.17) is 4.42 Å². The average molecular weight is 421 g/mol. The SMILES string of the molecule is CCN(CC)CCN(CC(C)C)C(=O)c1ccc(CS(=O)(=O)c2ccccc2)o1. The summed E-state index contributed by atoms with van der Waals surface area (Å²) in [6, 6.07) is 11.4. The Morgan fingerprint density at radius 1 is 1.00 bits per heavy atom. The van der Waals surface area contributed by atoms with Crippen molar-refractivity contribution in [3.8, 4) is 0 Å². The summed E-state index contributed by atoms with van der Waals surface area (Å²) in [5.41, 5.74) is 0. The molecule has 0 bridgehead atoms. The van der Waals surface area contributed by atoms with Crippen molar-refractivity contribution >= 4 is 15.7 Å². The topological polar surface area (TPSA) is 70.8 Å². The molecular weight excluding hydrogens is 388 g/mol. The number of rotatable bonds is 11. The lowest BCUT2D eigenvalue weighted by Gasteiger charge is -2.27. The molecule has 6 nitrogen and oxygen atoms in total. The minimum absolute atomic E-state index is 0.184. The van der Waals surface area contributed by atoms with Crippen molar-refractivity contribution in [3.05, 3.63) is 54.0 Å². The van der Waals surface area contributed by atoms with Crippen LogP contribution in [0.2, 0.25) is 0 Å². The van der Waals surface area contributed by atoms with Crippen LogP contribution in [0.1, 0.15) is 44.0 Å². The van der Waals surface area contributed by atoms with E-state index >= 15 is 0 Å². The van der Waals surface area contributed by atoms with E-state index in [2.05, 4.69) is 32.6 Å². The van der Waals surface area contributed by atoms with E-state index in [0.717, 1.165) is 19.6 Å². The zero-order valence-electron chi connectivity index (χ0n) is 17.8. The molecule has 0 radical (unpaired) electrons. The Morgan fingerprint density at radius 3 is 2.24 bits per heavy atom. The predicted octanol–water partition coefficient (Wildman–Crippen LogP) is 3.69. The van der Waals surface area contributed by atoms with Crippen LogP contribution in [0.15, 0.2) is 51.8 Å². The lowest BCUT2D eigenvalue weighted by molar-refractivity contribution is 0.0683. The van der Waals surface area contributed by atoms with E-state index in [9.17, 15) is 13.2 Å². The molecule has 0 atom stereocenters. The van der Waals surface area contributed by atoms with Gasteiger partial charge in [0.15, 0.2) is 15.6 Å². The maximum atomic E-state index is 13.0. The highest BCUT2D eigenvalue weighted by Crippen LogP contribution is 2.19. The van der Waals surface area contributed by atoms with Gasteiger partial charge >= 0.3 is 0 Å². The van der Waals surface area contributed by atoms with Crippen LogP contribution in [0.3, 0.4) is 0 Å². The highest BCUT2D eigenvalue weighted by Gasteiger charge is 2.23. The van der Waals surface area contributed by atoms with E-state index in [1.54, 1.807) is 47.4 Å². The molecule has 1 aromatic heterocycles. The van der Waals surface area contributed by atoms with Gasteiger partial charge in [0.2, 0.25) is 0 Å². The third-order valence-corrected chi connectivity index (χ3v) is 6.42. The quantitative estimate of drug-likeness (QED) is 0.554. The molecule has 0 saturated carbocycles. The molecule has 1 amide bonds. The number of carbonyl (C=O) groups is 1. The Balaban J connectivity index is 2.12. The molecule has 0 saturated heterocycles. The third-order valence-electron chi connectivity index (χ3n) is 4.76. The molecule has 0 N–H and O–H groups in total. The van der Waals surface area contributed by atoms with E-state index in [0.29, 0.717) is 19.0 Å². The summed E-state index contributed by atoms with van der Waals surface area (Å²) in [5.74, 6) is 0.306. The molecule has 29 heavy (non-hydrogen) atoms. The number of hydrogen-bond acceptors (Lipinski definition) is 5. The number of benzene rings is 1. The normalized spacial score (nSPS) is 11.9. The van der Waals surface area contributed by atoms with Crippen LogP contribution in [0, 0.1) is 5.92 Å². The first-order chi connectivity index (χ1) is 13.8. The maximum absolute atomic E-state index is 13.0. The number of hydrogen-bond donors (Lipinski definition) is 0. The van der Waals surface area contributed by atoms with Gasteiger partial charge in [0, 0.05) is 19.6 Å². The van der Waals surface area contributed by atoms with Gasteiger partial charge in [-0.2, -0.15) is 0 Å². The van der Waals surface area contributed by atoms with Crippen LogP contribution in [-0.2, 0) is 15.6 Å². The molecule has 7 heteroatoms. The molecule has 0 unspecified atom stereocenters. The second-order valence-electron chi connectivity index (χ2n) is 7.51. The molecule has 160 valence electrons. The smallest absolute Gasteiger partial charge is 0.289 e. The van der Waals surface area contributed by atoms with Crippen LogP contribution >= 0.6 is 0 Å². The second kappa shape index (κ2) is 10.6. The highest BCUT2D eigenvalue weighted by molar-refractivity contribution is 7.90. The summed E-state index contributed by atoms with van der Waals surface area (Å²) in [4.78, 5) is 17.3. The number of likely N-dealkylation sites (N-methyl/N-ethyl adjacent to an activating group) is 1. The largest absolute Gasteiger partial charge is 0.455 e. The minimum Gasteiger partial charge on any atom is -0.455 e. The van der Waals surface area contributed by atoms with Crippen molar-refractivity contribution < 1.29 is 17.6 Å². The van der Waals surface area contributed by atoms with E-state index in [-0.39, 0.29) is 28.1 Å². The van der Waals surface area contributed by atoms with E-state index in [1.807, 2.05) is 0 Å². The fraction of sp³-hybridized carbons (Fsp3) is 0.500. The molecule has 1 aromatic carbocycles. The predicted molar refractivity (Wildman–Crippen MR) is 115 cm³/mol. The minimum atomic E-state index is -3.52. The van der Waals surface area contributed by atoms with Crippen molar-refractivity contribution in [2.24, 2.45) is 5.92 Å². The zero-order chi connectivity index (χ0) is 21.4. The molecule has 0 aliphatic rings. The van der Waals surface area contributed by atoms with E-state index in [1.165, 1.54) is 0 Å². The maximum Gasteiger partial charge on any atom is 0.289 e. The van der Waals surface area contributed by atoms with Gasteiger partial charge in [-0.1, -0.05) is 45.9 Å². The molecule has 0 aliphatic heterocycles. The number of furan rings is 1. The summed E-state index contributed by atoms with van der Waals surface area (Å²) in [5, 5.41) is 0. The van der Waals surface area contributed by atoms with Crippen molar-refractivity contribution in [1.82, 2.24) is 9.80 Å². The Bertz CT molecular complexity index is 871. The van der Waals surface area contributed by atoms with Crippen LogP contribution in [-0.4, -0.2) is 56.8 Å². The first kappa shape index (κ1) is 23.2. The van der Waals surface area contributed by atoms with Crippen LogP contribution in [0.25, 0.3) is 0 Å². The summed E-state index contributed by atoms with van der Waals surface area (Å²) >= 11 is 0. The van der Waals surface area contributed by atoms with Crippen LogP contribution in [0.4, 0.5) is 0 Å². The molecule has 1 heterocycles. The van der Waals surface area contributed by atoms with Crippen LogP contribution in [0.5, 0.6) is 0 Å². The fourth-order valence-corrected chi connectivity index (χ4v) is 4.41. The number of sulfone groups is 1. The Morgan fingerprint density at radius 2 is 1.66 bits per heavy atom. The van der Waals surface area contributed by atoms with Gasteiger partial charge < -0.3 is 14.2 Å². The number of carbonyl (C=O) groups excluding carboxylic acids is 1. The Hall–Kier alpha value is -2.12. The van der Waals surface area contributed by atoms with Crippen molar-refractivity contribution in [1.29, 1.82) is 0 Å².